The molecule has 1 aliphatic carbocycles. The molecule has 0 saturated carbocycles. The Hall–Kier alpha value is -1.60. The number of piperidine rings is 2. The molecule has 0 radical (unpaired) electrons. The maximum absolute atomic E-state index is 13.3. The summed E-state index contributed by atoms with van der Waals surface area (Å²) in [5, 5.41) is 10.0. The van der Waals surface area contributed by atoms with E-state index in [1.165, 1.54) is 11.3 Å². The van der Waals surface area contributed by atoms with E-state index in [2.05, 4.69) is 9.80 Å². The molecule has 0 bridgehead atoms. The van der Waals surface area contributed by atoms with Gasteiger partial charge in [0.05, 0.1) is 18.6 Å². The lowest BCUT2D eigenvalue weighted by molar-refractivity contribution is -0.139. The van der Waals surface area contributed by atoms with Gasteiger partial charge in [-0.3, -0.25) is 4.79 Å². The van der Waals surface area contributed by atoms with Crippen molar-refractivity contribution < 1.29 is 19.4 Å². The minimum absolute atomic E-state index is 0.0843. The predicted octanol–water partition coefficient (Wildman–Crippen LogP) is 2.74. The number of hydrogen-bond acceptors (Lipinski definition) is 5. The van der Waals surface area contributed by atoms with Gasteiger partial charge >= 0.3 is 6.09 Å². The van der Waals surface area contributed by atoms with Crippen LogP contribution in [0, 0.1) is 5.41 Å². The van der Waals surface area contributed by atoms with Crippen molar-refractivity contribution in [2.45, 2.75) is 77.3 Å². The number of nitrogens with zero attached hydrogens (tertiary/aromatic N) is 3. The quantitative estimate of drug-likeness (QED) is 0.759. The van der Waals surface area contributed by atoms with Gasteiger partial charge in [-0.05, 0) is 70.8 Å². The largest absolute Gasteiger partial charge is 0.450 e. The first kappa shape index (κ1) is 21.6. The summed E-state index contributed by atoms with van der Waals surface area (Å²) in [7, 11) is 0. The van der Waals surface area contributed by atoms with Crippen LogP contribution < -0.4 is 0 Å². The summed E-state index contributed by atoms with van der Waals surface area (Å²) in [5.41, 5.74) is 1.73. The number of carbonyl (C=O) groups is 2. The summed E-state index contributed by atoms with van der Waals surface area (Å²) in [6, 6.07) is 0.767. The Morgan fingerprint density at radius 3 is 2.33 bits per heavy atom. The summed E-state index contributed by atoms with van der Waals surface area (Å²) in [4.78, 5) is 31.7. The van der Waals surface area contributed by atoms with E-state index in [-0.39, 0.29) is 24.6 Å². The fraction of sp³-hybridized carbons (Fsp3) is 0.826. The molecule has 3 aliphatic heterocycles. The van der Waals surface area contributed by atoms with Crippen LogP contribution in [-0.2, 0) is 9.53 Å². The Morgan fingerprint density at radius 1 is 1.07 bits per heavy atom. The van der Waals surface area contributed by atoms with E-state index in [4.69, 9.17) is 4.74 Å². The molecular weight excluding hydrogens is 382 g/mol. The van der Waals surface area contributed by atoms with Crippen LogP contribution in [0.2, 0.25) is 0 Å². The summed E-state index contributed by atoms with van der Waals surface area (Å²) in [5.74, 6) is 0.123. The number of ether oxygens (including phenoxy) is 1. The lowest BCUT2D eigenvalue weighted by Crippen LogP contribution is -2.52. The minimum atomic E-state index is -0.702. The smallest absolute Gasteiger partial charge is 0.409 e. The second-order valence-electron chi connectivity index (χ2n) is 9.48. The number of allylic oxidation sites excluding steroid dienone is 1. The second kappa shape index (κ2) is 8.87. The molecule has 0 aromatic rings. The van der Waals surface area contributed by atoms with Crippen LogP contribution in [0.5, 0.6) is 0 Å². The minimum Gasteiger partial charge on any atom is -0.450 e. The van der Waals surface area contributed by atoms with Gasteiger partial charge in [0.2, 0.25) is 5.91 Å². The molecule has 1 atom stereocenters. The van der Waals surface area contributed by atoms with E-state index < -0.39 is 5.41 Å². The third-order valence-corrected chi connectivity index (χ3v) is 7.77. The molecule has 1 unspecified atom stereocenters. The molecule has 0 aromatic carbocycles. The van der Waals surface area contributed by atoms with Gasteiger partial charge in [-0.2, -0.15) is 0 Å². The van der Waals surface area contributed by atoms with Gasteiger partial charge in [-0.1, -0.05) is 0 Å². The molecule has 1 N–H and O–H groups in total. The van der Waals surface area contributed by atoms with Crippen LogP contribution in [0.4, 0.5) is 4.79 Å². The zero-order valence-electron chi connectivity index (χ0n) is 18.6. The molecule has 7 nitrogen and oxygen atoms in total. The standard InChI is InChI=1S/C23H37N3O4/c1-3-30-22(29)25-14-8-17(9-15-25)24-12-10-18(11-13-24)26-20-7-5-4-6-19(20)23(2,16-27)21(26)28/h17-18,27H,3-16H2,1-2H3. The lowest BCUT2D eigenvalue weighted by atomic mass is 9.79. The van der Waals surface area contributed by atoms with Crippen molar-refractivity contribution in [2.24, 2.45) is 5.41 Å². The summed E-state index contributed by atoms with van der Waals surface area (Å²) < 4.78 is 5.13. The van der Waals surface area contributed by atoms with Crippen molar-refractivity contribution in [3.8, 4) is 0 Å². The lowest BCUT2D eigenvalue weighted by Gasteiger charge is -2.44. The van der Waals surface area contributed by atoms with Crippen LogP contribution in [-0.4, -0.2) is 83.3 Å². The Kier molecular flexibility index (Phi) is 6.39. The van der Waals surface area contributed by atoms with Crippen LogP contribution >= 0.6 is 0 Å². The molecule has 0 aromatic heterocycles. The molecule has 2 fully saturated rings. The zero-order chi connectivity index (χ0) is 21.3. The monoisotopic (exact) mass is 419 g/mol. The number of hydrogen-bond donors (Lipinski definition) is 1. The van der Waals surface area contributed by atoms with Crippen LogP contribution in [0.3, 0.4) is 0 Å². The highest BCUT2D eigenvalue weighted by Gasteiger charge is 2.51. The molecule has 3 heterocycles. The maximum Gasteiger partial charge on any atom is 0.409 e. The topological polar surface area (TPSA) is 73.3 Å². The van der Waals surface area contributed by atoms with E-state index in [1.807, 2.05) is 18.7 Å². The number of likely N-dealkylation sites (tertiary alicyclic amines) is 2. The summed E-state index contributed by atoms with van der Waals surface area (Å²) >= 11 is 0. The van der Waals surface area contributed by atoms with Crippen LogP contribution in [0.1, 0.15) is 65.2 Å². The molecule has 7 heteroatoms. The van der Waals surface area contributed by atoms with E-state index in [0.29, 0.717) is 12.6 Å². The third kappa shape index (κ3) is 3.75. The Labute approximate surface area is 180 Å². The molecular formula is C23H37N3O4. The van der Waals surface area contributed by atoms with E-state index in [1.54, 1.807) is 0 Å². The molecule has 0 spiro atoms. The van der Waals surface area contributed by atoms with Crippen LogP contribution in [0.15, 0.2) is 11.3 Å². The number of aliphatic hydroxyl groups excluding tert-OH is 1. The van der Waals surface area contributed by atoms with Gasteiger partial charge in [-0.15, -0.1) is 0 Å². The average molecular weight is 420 g/mol. The van der Waals surface area contributed by atoms with E-state index in [0.717, 1.165) is 77.5 Å². The second-order valence-corrected chi connectivity index (χ2v) is 9.48. The predicted molar refractivity (Wildman–Crippen MR) is 114 cm³/mol. The van der Waals surface area contributed by atoms with Crippen molar-refractivity contribution in [3.63, 3.8) is 0 Å². The summed E-state index contributed by atoms with van der Waals surface area (Å²) in [6.45, 7) is 7.64. The molecule has 4 aliphatic rings. The van der Waals surface area contributed by atoms with Gasteiger partial charge in [-0.25, -0.2) is 4.79 Å². The summed E-state index contributed by atoms with van der Waals surface area (Å²) in [6.07, 6.45) is 7.96. The highest BCUT2D eigenvalue weighted by atomic mass is 16.6. The SMILES string of the molecule is CCOC(=O)N1CCC(N2CCC(N3C(=O)C(C)(CO)C4=C3CCCC4)CC2)CC1. The van der Waals surface area contributed by atoms with Crippen molar-refractivity contribution in [1.82, 2.24) is 14.7 Å². The van der Waals surface area contributed by atoms with Gasteiger partial charge in [0.15, 0.2) is 0 Å². The van der Waals surface area contributed by atoms with Gasteiger partial charge in [0.1, 0.15) is 0 Å². The normalized spacial score (nSPS) is 29.5. The number of amides is 2. The highest BCUT2D eigenvalue weighted by molar-refractivity contribution is 5.91. The highest BCUT2D eigenvalue weighted by Crippen LogP contribution is 2.48. The molecule has 2 saturated heterocycles. The number of carbonyl (C=O) groups excluding carboxylic acids is 2. The number of aliphatic hydroxyl groups is 1. The van der Waals surface area contributed by atoms with E-state index >= 15 is 0 Å². The fourth-order valence-electron chi connectivity index (χ4n) is 5.95. The fourth-order valence-corrected chi connectivity index (χ4v) is 5.95. The zero-order valence-corrected chi connectivity index (χ0v) is 18.6. The molecule has 2 amide bonds. The Morgan fingerprint density at radius 2 is 1.70 bits per heavy atom. The van der Waals surface area contributed by atoms with Crippen LogP contribution in [0.25, 0.3) is 0 Å². The molecule has 168 valence electrons. The van der Waals surface area contributed by atoms with Crippen molar-refractivity contribution in [1.29, 1.82) is 0 Å². The first-order valence-electron chi connectivity index (χ1n) is 11.8. The van der Waals surface area contributed by atoms with Gasteiger partial charge in [0.25, 0.3) is 0 Å². The first-order valence-corrected chi connectivity index (χ1v) is 11.8. The van der Waals surface area contributed by atoms with E-state index in [9.17, 15) is 14.7 Å². The van der Waals surface area contributed by atoms with Gasteiger partial charge < -0.3 is 24.5 Å². The van der Waals surface area contributed by atoms with Crippen molar-refractivity contribution in [2.75, 3.05) is 39.4 Å². The van der Waals surface area contributed by atoms with Crippen molar-refractivity contribution >= 4 is 12.0 Å². The maximum atomic E-state index is 13.3. The first-order chi connectivity index (χ1) is 14.5. The van der Waals surface area contributed by atoms with Gasteiger partial charge in [0, 0.05) is 44.0 Å². The Bertz CT molecular complexity index is 693. The Balaban J connectivity index is 1.35. The molecule has 30 heavy (non-hydrogen) atoms. The third-order valence-electron chi connectivity index (χ3n) is 7.77. The average Bonchev–Trinajstić information content (AvgIpc) is 3.02. The van der Waals surface area contributed by atoms with Crippen molar-refractivity contribution in [3.05, 3.63) is 11.3 Å². The number of rotatable bonds is 4. The molecule has 4 rings (SSSR count).